The first kappa shape index (κ1) is 13.6. The highest BCUT2D eigenvalue weighted by atomic mass is 19.1. The van der Waals surface area contributed by atoms with Crippen molar-refractivity contribution in [3.05, 3.63) is 77.0 Å². The summed E-state index contributed by atoms with van der Waals surface area (Å²) in [5.41, 5.74) is 0.871. The molecule has 1 aromatic heterocycles. The Hall–Kier alpha value is -2.33. The Morgan fingerprint density at radius 3 is 2.62 bits per heavy atom. The number of rotatable bonds is 2. The van der Waals surface area contributed by atoms with Crippen molar-refractivity contribution in [2.24, 2.45) is 0 Å². The van der Waals surface area contributed by atoms with Gasteiger partial charge in [-0.2, -0.15) is 0 Å². The van der Waals surface area contributed by atoms with Crippen LogP contribution in [0, 0.1) is 18.6 Å². The van der Waals surface area contributed by atoms with Gasteiger partial charge in [-0.3, -0.25) is 4.98 Å². The van der Waals surface area contributed by atoms with E-state index in [1.807, 2.05) is 12.1 Å². The molecule has 0 bridgehead atoms. The average Bonchev–Trinajstić information content (AvgIpc) is 2.50. The van der Waals surface area contributed by atoms with Crippen LogP contribution in [-0.2, 0) is 0 Å². The Balaban J connectivity index is 2.22. The molecule has 21 heavy (non-hydrogen) atoms. The number of halogens is 2. The predicted molar refractivity (Wildman–Crippen MR) is 76.9 cm³/mol. The Kier molecular flexibility index (Phi) is 3.39. The second-order valence-corrected chi connectivity index (χ2v) is 4.92. The molecule has 1 N–H and O–H groups in total. The predicted octanol–water partition coefficient (Wildman–Crippen LogP) is 3.90. The highest BCUT2D eigenvalue weighted by molar-refractivity contribution is 5.82. The van der Waals surface area contributed by atoms with Gasteiger partial charge in [0.15, 0.2) is 0 Å². The summed E-state index contributed by atoms with van der Waals surface area (Å²) in [4.78, 5) is 4.20. The first-order valence-corrected chi connectivity index (χ1v) is 6.56. The minimum atomic E-state index is -1.40. The molecule has 2 nitrogen and oxygen atoms in total. The van der Waals surface area contributed by atoms with Crippen molar-refractivity contribution in [2.45, 2.75) is 13.0 Å². The fraction of sp³-hybridized carbons (Fsp3) is 0.118. The molecule has 0 fully saturated rings. The maximum atomic E-state index is 14.2. The number of hydrogen-bond donors (Lipinski definition) is 1. The number of fused-ring (bicyclic) bond motifs is 1. The lowest BCUT2D eigenvalue weighted by Crippen LogP contribution is -2.08. The molecule has 0 amide bonds. The van der Waals surface area contributed by atoms with Gasteiger partial charge in [0.05, 0.1) is 11.1 Å². The zero-order chi connectivity index (χ0) is 15.0. The fourth-order valence-electron chi connectivity index (χ4n) is 2.43. The minimum Gasteiger partial charge on any atom is -0.383 e. The molecule has 0 aliphatic rings. The fourth-order valence-corrected chi connectivity index (χ4v) is 2.43. The maximum absolute atomic E-state index is 14.2. The number of aromatic nitrogens is 1. The van der Waals surface area contributed by atoms with Gasteiger partial charge >= 0.3 is 0 Å². The summed E-state index contributed by atoms with van der Waals surface area (Å²) < 4.78 is 28.1. The van der Waals surface area contributed by atoms with Crippen molar-refractivity contribution in [2.75, 3.05) is 0 Å². The molecule has 1 atom stereocenters. The molecule has 0 aliphatic heterocycles. The van der Waals surface area contributed by atoms with Crippen molar-refractivity contribution >= 4 is 10.9 Å². The summed E-state index contributed by atoms with van der Waals surface area (Å²) in [6.07, 6.45) is 0.185. The van der Waals surface area contributed by atoms with Crippen molar-refractivity contribution in [1.82, 2.24) is 4.98 Å². The molecule has 1 unspecified atom stereocenters. The zero-order valence-electron chi connectivity index (χ0n) is 11.3. The van der Waals surface area contributed by atoms with Gasteiger partial charge in [0.2, 0.25) is 0 Å². The van der Waals surface area contributed by atoms with E-state index in [4.69, 9.17) is 0 Å². The molecule has 0 radical (unpaired) electrons. The smallest absolute Gasteiger partial charge is 0.135 e. The van der Waals surface area contributed by atoms with Crippen LogP contribution in [0.4, 0.5) is 8.78 Å². The second-order valence-electron chi connectivity index (χ2n) is 4.92. The van der Waals surface area contributed by atoms with Crippen LogP contribution in [-0.4, -0.2) is 10.1 Å². The molecule has 1 heterocycles. The van der Waals surface area contributed by atoms with E-state index in [0.29, 0.717) is 16.6 Å². The van der Waals surface area contributed by atoms with Crippen LogP contribution < -0.4 is 0 Å². The summed E-state index contributed by atoms with van der Waals surface area (Å²) in [5, 5.41) is 11.3. The number of benzene rings is 2. The third-order valence-electron chi connectivity index (χ3n) is 3.55. The lowest BCUT2D eigenvalue weighted by atomic mass is 9.96. The van der Waals surface area contributed by atoms with E-state index in [-0.39, 0.29) is 5.56 Å². The number of aliphatic hydroxyl groups is 1. The third-order valence-corrected chi connectivity index (χ3v) is 3.55. The molecule has 0 spiro atoms. The molecular weight excluding hydrogens is 272 g/mol. The normalized spacial score (nSPS) is 12.6. The van der Waals surface area contributed by atoms with Crippen LogP contribution in [0.5, 0.6) is 0 Å². The van der Waals surface area contributed by atoms with Crippen molar-refractivity contribution in [1.29, 1.82) is 0 Å². The van der Waals surface area contributed by atoms with Gasteiger partial charge in [0.1, 0.15) is 17.7 Å². The van der Waals surface area contributed by atoms with Crippen LogP contribution in [0.25, 0.3) is 10.9 Å². The van der Waals surface area contributed by atoms with Gasteiger partial charge in [-0.25, -0.2) is 8.78 Å². The van der Waals surface area contributed by atoms with Crippen molar-refractivity contribution < 1.29 is 13.9 Å². The highest BCUT2D eigenvalue weighted by Gasteiger charge is 2.23. The van der Waals surface area contributed by atoms with Gasteiger partial charge < -0.3 is 5.11 Å². The van der Waals surface area contributed by atoms with Crippen molar-refractivity contribution in [3.63, 3.8) is 0 Å². The third kappa shape index (κ3) is 2.28. The lowest BCUT2D eigenvalue weighted by molar-refractivity contribution is 0.210. The van der Waals surface area contributed by atoms with E-state index in [9.17, 15) is 13.9 Å². The number of para-hydroxylation sites is 1. The first-order valence-electron chi connectivity index (χ1n) is 6.56. The summed E-state index contributed by atoms with van der Waals surface area (Å²) >= 11 is 0. The summed E-state index contributed by atoms with van der Waals surface area (Å²) in [5.74, 6) is -1.49. The molecule has 0 saturated heterocycles. The monoisotopic (exact) mass is 285 g/mol. The standard InChI is InChI=1S/C17H13F2NO/c1-10-7-8-13(18)14(15(10)19)17(21)12-6-2-4-11-5-3-9-20-16(11)12/h2-9,17,21H,1H3. The van der Waals surface area contributed by atoms with Gasteiger partial charge in [0, 0.05) is 17.1 Å². The lowest BCUT2D eigenvalue weighted by Gasteiger charge is -2.16. The van der Waals surface area contributed by atoms with E-state index in [0.717, 1.165) is 11.5 Å². The van der Waals surface area contributed by atoms with Gasteiger partial charge in [-0.1, -0.05) is 30.3 Å². The van der Waals surface area contributed by atoms with Crippen LogP contribution in [0.1, 0.15) is 22.8 Å². The Bertz CT molecular complexity index is 812. The van der Waals surface area contributed by atoms with Crippen LogP contribution in [0.15, 0.2) is 48.7 Å². The van der Waals surface area contributed by atoms with E-state index < -0.39 is 17.7 Å². The van der Waals surface area contributed by atoms with Crippen LogP contribution >= 0.6 is 0 Å². The maximum Gasteiger partial charge on any atom is 0.135 e. The summed E-state index contributed by atoms with van der Waals surface area (Å²) in [6, 6.07) is 11.3. The van der Waals surface area contributed by atoms with E-state index in [2.05, 4.69) is 4.98 Å². The quantitative estimate of drug-likeness (QED) is 0.774. The molecule has 106 valence electrons. The van der Waals surface area contributed by atoms with E-state index >= 15 is 0 Å². The van der Waals surface area contributed by atoms with Gasteiger partial charge in [-0.15, -0.1) is 0 Å². The topological polar surface area (TPSA) is 33.1 Å². The SMILES string of the molecule is Cc1ccc(F)c(C(O)c2cccc3cccnc23)c1F. The Morgan fingerprint density at radius 1 is 1.05 bits per heavy atom. The molecule has 4 heteroatoms. The molecule has 3 aromatic rings. The highest BCUT2D eigenvalue weighted by Crippen LogP contribution is 2.31. The summed E-state index contributed by atoms with van der Waals surface area (Å²) in [7, 11) is 0. The average molecular weight is 285 g/mol. The number of aryl methyl sites for hydroxylation is 1. The zero-order valence-corrected chi connectivity index (χ0v) is 11.3. The van der Waals surface area contributed by atoms with Crippen molar-refractivity contribution in [3.8, 4) is 0 Å². The Morgan fingerprint density at radius 2 is 1.81 bits per heavy atom. The summed E-state index contributed by atoms with van der Waals surface area (Å²) in [6.45, 7) is 1.53. The number of pyridine rings is 1. The Labute approximate surface area is 120 Å². The number of nitrogens with zero attached hydrogens (tertiary/aromatic N) is 1. The second kappa shape index (κ2) is 5.22. The molecule has 0 aliphatic carbocycles. The van der Waals surface area contributed by atoms with Gasteiger partial charge in [0.25, 0.3) is 0 Å². The minimum absolute atomic E-state index is 0.290. The van der Waals surface area contributed by atoms with Crippen LogP contribution in [0.2, 0.25) is 0 Å². The molecular formula is C17H13F2NO. The molecule has 2 aromatic carbocycles. The number of aliphatic hydroxyl groups excluding tert-OH is 1. The number of hydrogen-bond acceptors (Lipinski definition) is 2. The van der Waals surface area contributed by atoms with Crippen LogP contribution in [0.3, 0.4) is 0 Å². The first-order chi connectivity index (χ1) is 10.1. The van der Waals surface area contributed by atoms with Gasteiger partial charge in [-0.05, 0) is 24.6 Å². The molecule has 0 saturated carbocycles. The largest absolute Gasteiger partial charge is 0.383 e. The molecule has 3 rings (SSSR count). The van der Waals surface area contributed by atoms with E-state index in [1.165, 1.54) is 13.0 Å². The van der Waals surface area contributed by atoms with E-state index in [1.54, 1.807) is 24.4 Å².